The molecule has 28 heavy (non-hydrogen) atoms. The molecule has 0 aliphatic carbocycles. The van der Waals surface area contributed by atoms with Crippen molar-refractivity contribution < 1.29 is 4.79 Å². The number of carbonyl (C=O) groups is 1. The van der Waals surface area contributed by atoms with Crippen molar-refractivity contribution in [2.45, 2.75) is 39.7 Å². The van der Waals surface area contributed by atoms with Gasteiger partial charge in [0.1, 0.15) is 0 Å². The van der Waals surface area contributed by atoms with Crippen LogP contribution in [0.15, 0.2) is 35.3 Å². The number of carbonyl (C=O) groups excluding carboxylic acids is 1. The smallest absolute Gasteiger partial charge is 0.217 e. The summed E-state index contributed by atoms with van der Waals surface area (Å²) in [6.07, 6.45) is 2.52. The highest BCUT2D eigenvalue weighted by atomic mass is 16.1. The van der Waals surface area contributed by atoms with Gasteiger partial charge in [0.15, 0.2) is 5.96 Å². The minimum Gasteiger partial charge on any atom is -0.370 e. The van der Waals surface area contributed by atoms with Gasteiger partial charge in [-0.05, 0) is 50.3 Å². The Hall–Kier alpha value is -2.83. The molecule has 1 saturated heterocycles. The molecular weight excluding hydrogens is 352 g/mol. The van der Waals surface area contributed by atoms with E-state index in [1.807, 2.05) is 23.7 Å². The summed E-state index contributed by atoms with van der Waals surface area (Å²) in [5, 5.41) is 8.10. The molecule has 3 N–H and O–H groups in total. The van der Waals surface area contributed by atoms with Crippen molar-refractivity contribution >= 4 is 11.9 Å². The van der Waals surface area contributed by atoms with E-state index in [0.717, 1.165) is 54.5 Å². The number of nitrogens with zero attached hydrogens (tertiary/aromatic N) is 4. The minimum atomic E-state index is -0.228. The molecule has 0 saturated carbocycles. The largest absolute Gasteiger partial charge is 0.370 e. The lowest BCUT2D eigenvalue weighted by molar-refractivity contribution is -0.119. The lowest BCUT2D eigenvalue weighted by Gasteiger charge is -2.34. The van der Waals surface area contributed by atoms with Gasteiger partial charge in [0.25, 0.3) is 0 Å². The second-order valence-corrected chi connectivity index (χ2v) is 7.49. The average molecular weight is 383 g/mol. The number of para-hydroxylation sites is 1. The highest BCUT2D eigenvalue weighted by Crippen LogP contribution is 2.20. The molecule has 1 fully saturated rings. The fourth-order valence-electron chi connectivity index (χ4n) is 3.95. The fraction of sp³-hybridized carbons (Fsp3) is 0.476. The lowest BCUT2D eigenvalue weighted by atomic mass is 9.95. The van der Waals surface area contributed by atoms with Crippen LogP contribution in [0, 0.1) is 19.8 Å². The number of primary amides is 1. The molecule has 2 heterocycles. The summed E-state index contributed by atoms with van der Waals surface area (Å²) in [4.78, 5) is 18.0. The molecule has 0 radical (unpaired) electrons. The molecule has 1 aliphatic heterocycles. The Balaban J connectivity index is 1.71. The van der Waals surface area contributed by atoms with Crippen LogP contribution in [0.25, 0.3) is 5.69 Å². The highest BCUT2D eigenvalue weighted by molar-refractivity contribution is 5.80. The third-order valence-corrected chi connectivity index (χ3v) is 5.19. The van der Waals surface area contributed by atoms with Crippen molar-refractivity contribution in [1.29, 1.82) is 0 Å². The maximum atomic E-state index is 11.3. The molecule has 2 aromatic rings. The molecule has 3 rings (SSSR count). The van der Waals surface area contributed by atoms with Gasteiger partial charge in [0, 0.05) is 38.8 Å². The number of nitrogens with one attached hydrogen (secondary N) is 1. The summed E-state index contributed by atoms with van der Waals surface area (Å²) in [6, 6.07) is 10.3. The summed E-state index contributed by atoms with van der Waals surface area (Å²) in [7, 11) is 1.80. The normalized spacial score (nSPS) is 17.6. The van der Waals surface area contributed by atoms with Crippen LogP contribution in [-0.4, -0.2) is 46.7 Å². The average Bonchev–Trinajstić information content (AvgIpc) is 3.00. The number of amides is 1. The Labute approximate surface area is 166 Å². The number of rotatable bonds is 5. The van der Waals surface area contributed by atoms with Crippen molar-refractivity contribution in [3.8, 4) is 5.69 Å². The van der Waals surface area contributed by atoms with E-state index in [4.69, 9.17) is 5.73 Å². The van der Waals surface area contributed by atoms with E-state index in [0.29, 0.717) is 18.9 Å². The van der Waals surface area contributed by atoms with Gasteiger partial charge in [0.05, 0.1) is 11.4 Å². The molecule has 1 atom stereocenters. The zero-order chi connectivity index (χ0) is 20.1. The number of aromatic nitrogens is 2. The molecule has 7 heteroatoms. The van der Waals surface area contributed by atoms with E-state index >= 15 is 0 Å². The summed E-state index contributed by atoms with van der Waals surface area (Å²) in [6.45, 7) is 6.47. The number of hydrogen-bond acceptors (Lipinski definition) is 3. The molecule has 1 aromatic carbocycles. The first-order chi connectivity index (χ1) is 13.5. The quantitative estimate of drug-likeness (QED) is 0.613. The summed E-state index contributed by atoms with van der Waals surface area (Å²) >= 11 is 0. The van der Waals surface area contributed by atoms with Gasteiger partial charge in [-0.2, -0.15) is 5.10 Å². The topological polar surface area (TPSA) is 88.5 Å². The SMILES string of the molecule is CN=C(NCc1ccccc1-n1nc(C)cc1C)N1CCCC(CC(N)=O)C1. The van der Waals surface area contributed by atoms with Crippen molar-refractivity contribution in [2.24, 2.45) is 16.6 Å². The fourth-order valence-corrected chi connectivity index (χ4v) is 3.95. The van der Waals surface area contributed by atoms with E-state index < -0.39 is 0 Å². The van der Waals surface area contributed by atoms with E-state index in [1.54, 1.807) is 7.05 Å². The standard InChI is InChI=1S/C21H30N6O/c1-15-11-16(2)27(25-15)19-9-5-4-8-18(19)13-24-21(23-3)26-10-6-7-17(14-26)12-20(22)28/h4-5,8-9,11,17H,6-7,10,12-14H2,1-3H3,(H2,22,28)(H,23,24). The molecule has 7 nitrogen and oxygen atoms in total. The zero-order valence-corrected chi connectivity index (χ0v) is 17.0. The first kappa shape index (κ1) is 19.9. The van der Waals surface area contributed by atoms with Crippen LogP contribution < -0.4 is 11.1 Å². The second-order valence-electron chi connectivity index (χ2n) is 7.49. The Bertz CT molecular complexity index is 856. The van der Waals surface area contributed by atoms with Crippen LogP contribution >= 0.6 is 0 Å². The number of likely N-dealkylation sites (tertiary alicyclic amines) is 1. The number of aryl methyl sites for hydroxylation is 2. The molecule has 1 aliphatic rings. The van der Waals surface area contributed by atoms with Crippen molar-refractivity contribution in [3.63, 3.8) is 0 Å². The zero-order valence-electron chi connectivity index (χ0n) is 17.0. The van der Waals surface area contributed by atoms with Gasteiger partial charge >= 0.3 is 0 Å². The molecule has 150 valence electrons. The first-order valence-corrected chi connectivity index (χ1v) is 9.83. The molecule has 1 unspecified atom stereocenters. The number of guanidine groups is 1. The molecule has 1 amide bonds. The third kappa shape index (κ3) is 4.71. The summed E-state index contributed by atoms with van der Waals surface area (Å²) in [5.41, 5.74) is 9.73. The van der Waals surface area contributed by atoms with Gasteiger partial charge in [-0.15, -0.1) is 0 Å². The number of nitrogens with two attached hydrogens (primary N) is 1. The van der Waals surface area contributed by atoms with Crippen LogP contribution in [0.2, 0.25) is 0 Å². The van der Waals surface area contributed by atoms with E-state index in [1.165, 1.54) is 0 Å². The Morgan fingerprint density at radius 1 is 1.36 bits per heavy atom. The predicted molar refractivity (Wildman–Crippen MR) is 111 cm³/mol. The first-order valence-electron chi connectivity index (χ1n) is 9.83. The third-order valence-electron chi connectivity index (χ3n) is 5.19. The number of aliphatic imine (C=N–C) groups is 1. The van der Waals surface area contributed by atoms with Crippen LogP contribution in [-0.2, 0) is 11.3 Å². The summed E-state index contributed by atoms with van der Waals surface area (Å²) in [5.74, 6) is 0.928. The molecule has 0 bridgehead atoms. The van der Waals surface area contributed by atoms with Gasteiger partial charge in [-0.25, -0.2) is 4.68 Å². The maximum absolute atomic E-state index is 11.3. The Kier molecular flexibility index (Phi) is 6.34. The number of hydrogen-bond donors (Lipinski definition) is 2. The summed E-state index contributed by atoms with van der Waals surface area (Å²) < 4.78 is 1.99. The lowest BCUT2D eigenvalue weighted by Crippen LogP contribution is -2.47. The van der Waals surface area contributed by atoms with E-state index in [9.17, 15) is 4.79 Å². The molecule has 0 spiro atoms. The van der Waals surface area contributed by atoms with Crippen LogP contribution in [0.3, 0.4) is 0 Å². The van der Waals surface area contributed by atoms with Crippen molar-refractivity contribution in [2.75, 3.05) is 20.1 Å². The van der Waals surface area contributed by atoms with Gasteiger partial charge < -0.3 is 16.0 Å². The number of benzene rings is 1. The second kappa shape index (κ2) is 8.91. The van der Waals surface area contributed by atoms with Gasteiger partial charge in [0.2, 0.25) is 5.91 Å². The maximum Gasteiger partial charge on any atom is 0.217 e. The monoisotopic (exact) mass is 382 g/mol. The van der Waals surface area contributed by atoms with Gasteiger partial charge in [-0.3, -0.25) is 9.79 Å². The van der Waals surface area contributed by atoms with Crippen LogP contribution in [0.5, 0.6) is 0 Å². The highest BCUT2D eigenvalue weighted by Gasteiger charge is 2.23. The minimum absolute atomic E-state index is 0.228. The van der Waals surface area contributed by atoms with Gasteiger partial charge in [-0.1, -0.05) is 18.2 Å². The van der Waals surface area contributed by atoms with E-state index in [2.05, 4.69) is 45.4 Å². The predicted octanol–water partition coefficient (Wildman–Crippen LogP) is 2.15. The molecule has 1 aromatic heterocycles. The van der Waals surface area contributed by atoms with Crippen LogP contribution in [0.4, 0.5) is 0 Å². The Morgan fingerprint density at radius 2 is 2.14 bits per heavy atom. The Morgan fingerprint density at radius 3 is 2.82 bits per heavy atom. The van der Waals surface area contributed by atoms with E-state index in [-0.39, 0.29) is 5.91 Å². The molecular formula is C21H30N6O. The van der Waals surface area contributed by atoms with Crippen LogP contribution in [0.1, 0.15) is 36.2 Å². The van der Waals surface area contributed by atoms with Crippen molar-refractivity contribution in [1.82, 2.24) is 20.0 Å². The van der Waals surface area contributed by atoms with Crippen molar-refractivity contribution in [3.05, 3.63) is 47.3 Å². The number of piperidine rings is 1.